The van der Waals surface area contributed by atoms with E-state index in [1.165, 1.54) is 0 Å². The molecule has 0 bridgehead atoms. The molecule has 126 valence electrons. The quantitative estimate of drug-likeness (QED) is 0.911. The number of benzene rings is 2. The highest BCUT2D eigenvalue weighted by molar-refractivity contribution is 5.87. The SMILES string of the molecule is N#Cc1ccc(C2C(C(=O)O)CC(=O)N2CCc2ccccc2)cc1. The number of nitrogens with zero attached hydrogens (tertiary/aromatic N) is 2. The van der Waals surface area contributed by atoms with Crippen LogP contribution in [-0.2, 0) is 16.0 Å². The third kappa shape index (κ3) is 3.53. The first-order valence-corrected chi connectivity index (χ1v) is 8.16. The molecule has 25 heavy (non-hydrogen) atoms. The molecule has 5 heteroatoms. The lowest BCUT2D eigenvalue weighted by molar-refractivity contribution is -0.142. The van der Waals surface area contributed by atoms with E-state index in [2.05, 4.69) is 0 Å². The molecule has 1 N–H and O–H groups in total. The maximum Gasteiger partial charge on any atom is 0.309 e. The molecule has 0 saturated carbocycles. The zero-order chi connectivity index (χ0) is 17.8. The molecule has 0 radical (unpaired) electrons. The van der Waals surface area contributed by atoms with Gasteiger partial charge in [-0.2, -0.15) is 5.26 Å². The van der Waals surface area contributed by atoms with Crippen molar-refractivity contribution >= 4 is 11.9 Å². The number of nitriles is 1. The van der Waals surface area contributed by atoms with Gasteiger partial charge in [-0.3, -0.25) is 9.59 Å². The van der Waals surface area contributed by atoms with E-state index in [9.17, 15) is 14.7 Å². The highest BCUT2D eigenvalue weighted by Gasteiger charge is 2.44. The summed E-state index contributed by atoms with van der Waals surface area (Å²) in [6.07, 6.45) is 0.681. The number of carboxylic acids is 1. The molecule has 1 aliphatic heterocycles. The molecule has 1 aliphatic rings. The molecule has 1 amide bonds. The van der Waals surface area contributed by atoms with Crippen molar-refractivity contribution in [3.05, 3.63) is 71.3 Å². The molecule has 1 heterocycles. The summed E-state index contributed by atoms with van der Waals surface area (Å²) in [5.74, 6) is -1.88. The van der Waals surface area contributed by atoms with E-state index in [1.54, 1.807) is 29.2 Å². The van der Waals surface area contributed by atoms with Gasteiger partial charge in [0, 0.05) is 13.0 Å². The van der Waals surface area contributed by atoms with Crippen molar-refractivity contribution in [1.82, 2.24) is 4.90 Å². The molecule has 3 rings (SSSR count). The number of hydrogen-bond acceptors (Lipinski definition) is 3. The van der Waals surface area contributed by atoms with Crippen molar-refractivity contribution in [2.45, 2.75) is 18.9 Å². The molecule has 0 aromatic heterocycles. The van der Waals surface area contributed by atoms with E-state index < -0.39 is 17.9 Å². The number of carboxylic acid groups (broad SMARTS) is 1. The van der Waals surface area contributed by atoms with Crippen LogP contribution in [0.25, 0.3) is 0 Å². The lowest BCUT2D eigenvalue weighted by Gasteiger charge is -2.27. The van der Waals surface area contributed by atoms with Gasteiger partial charge < -0.3 is 10.0 Å². The van der Waals surface area contributed by atoms with Gasteiger partial charge in [-0.25, -0.2) is 0 Å². The molecule has 0 aliphatic carbocycles. The van der Waals surface area contributed by atoms with Crippen LogP contribution >= 0.6 is 0 Å². The smallest absolute Gasteiger partial charge is 0.309 e. The summed E-state index contributed by atoms with van der Waals surface area (Å²) in [6, 6.07) is 18.2. The fourth-order valence-electron chi connectivity index (χ4n) is 3.34. The summed E-state index contributed by atoms with van der Waals surface area (Å²) in [4.78, 5) is 25.7. The van der Waals surface area contributed by atoms with Crippen LogP contribution in [-0.4, -0.2) is 28.4 Å². The first-order chi connectivity index (χ1) is 12.1. The molecule has 2 atom stereocenters. The number of rotatable bonds is 5. The Morgan fingerprint density at radius 3 is 2.44 bits per heavy atom. The number of carbonyl (C=O) groups is 2. The minimum Gasteiger partial charge on any atom is -0.481 e. The van der Waals surface area contributed by atoms with Gasteiger partial charge in [-0.15, -0.1) is 0 Å². The topological polar surface area (TPSA) is 81.4 Å². The highest BCUT2D eigenvalue weighted by atomic mass is 16.4. The average Bonchev–Trinajstić information content (AvgIpc) is 2.97. The third-order valence-electron chi connectivity index (χ3n) is 4.61. The van der Waals surface area contributed by atoms with Crippen molar-refractivity contribution in [2.24, 2.45) is 5.92 Å². The molecule has 2 aromatic carbocycles. The summed E-state index contributed by atoms with van der Waals surface area (Å²) in [5.41, 5.74) is 2.37. The Morgan fingerprint density at radius 2 is 1.84 bits per heavy atom. The van der Waals surface area contributed by atoms with Gasteiger partial charge in [0.1, 0.15) is 0 Å². The van der Waals surface area contributed by atoms with Crippen LogP contribution in [0.1, 0.15) is 29.2 Å². The van der Waals surface area contributed by atoms with E-state index >= 15 is 0 Å². The summed E-state index contributed by atoms with van der Waals surface area (Å²) in [5, 5.41) is 18.5. The maximum atomic E-state index is 12.4. The van der Waals surface area contributed by atoms with Crippen LogP contribution < -0.4 is 0 Å². The van der Waals surface area contributed by atoms with E-state index in [1.807, 2.05) is 36.4 Å². The lowest BCUT2D eigenvalue weighted by Crippen LogP contribution is -2.32. The Morgan fingerprint density at radius 1 is 1.16 bits per heavy atom. The van der Waals surface area contributed by atoms with Gasteiger partial charge in [0.2, 0.25) is 5.91 Å². The van der Waals surface area contributed by atoms with E-state index in [4.69, 9.17) is 5.26 Å². The lowest BCUT2D eigenvalue weighted by atomic mass is 9.93. The number of likely N-dealkylation sites (tertiary alicyclic amines) is 1. The van der Waals surface area contributed by atoms with Crippen LogP contribution in [0.5, 0.6) is 0 Å². The summed E-state index contributed by atoms with van der Waals surface area (Å²) < 4.78 is 0. The van der Waals surface area contributed by atoms with Gasteiger partial charge in [-0.1, -0.05) is 42.5 Å². The monoisotopic (exact) mass is 334 g/mol. The number of aliphatic carboxylic acids is 1. The molecule has 0 spiro atoms. The second-order valence-corrected chi connectivity index (χ2v) is 6.15. The van der Waals surface area contributed by atoms with Crippen LogP contribution in [0.15, 0.2) is 54.6 Å². The zero-order valence-corrected chi connectivity index (χ0v) is 13.6. The molecule has 1 saturated heterocycles. The van der Waals surface area contributed by atoms with Gasteiger partial charge in [-0.05, 0) is 29.7 Å². The van der Waals surface area contributed by atoms with Gasteiger partial charge in [0.15, 0.2) is 0 Å². The maximum absolute atomic E-state index is 12.4. The fourth-order valence-corrected chi connectivity index (χ4v) is 3.34. The van der Waals surface area contributed by atoms with Crippen molar-refractivity contribution in [3.8, 4) is 6.07 Å². The van der Waals surface area contributed by atoms with Crippen LogP contribution in [0, 0.1) is 17.2 Å². The molecule has 1 fully saturated rings. The molecule has 5 nitrogen and oxygen atoms in total. The van der Waals surface area contributed by atoms with Crippen molar-refractivity contribution in [3.63, 3.8) is 0 Å². The van der Waals surface area contributed by atoms with Gasteiger partial charge in [0.25, 0.3) is 0 Å². The number of amides is 1. The second-order valence-electron chi connectivity index (χ2n) is 6.15. The van der Waals surface area contributed by atoms with Crippen molar-refractivity contribution in [2.75, 3.05) is 6.54 Å². The number of carbonyl (C=O) groups excluding carboxylic acids is 1. The second kappa shape index (κ2) is 7.18. The Labute approximate surface area is 146 Å². The summed E-state index contributed by atoms with van der Waals surface area (Å²) in [6.45, 7) is 0.470. The van der Waals surface area contributed by atoms with E-state index in [0.717, 1.165) is 11.1 Å². The predicted octanol–water partition coefficient (Wildman–Crippen LogP) is 2.78. The standard InChI is InChI=1S/C20H18N2O3/c21-13-15-6-8-16(9-7-15)19-17(20(24)25)12-18(23)22(19)11-10-14-4-2-1-3-5-14/h1-9,17,19H,10-12H2,(H,24,25). The van der Waals surface area contributed by atoms with E-state index in [-0.39, 0.29) is 12.3 Å². The summed E-state index contributed by atoms with van der Waals surface area (Å²) in [7, 11) is 0. The Hall–Kier alpha value is -3.13. The van der Waals surface area contributed by atoms with Crippen LogP contribution in [0.2, 0.25) is 0 Å². The van der Waals surface area contributed by atoms with E-state index in [0.29, 0.717) is 18.5 Å². The first kappa shape index (κ1) is 16.7. The molecule has 2 aromatic rings. The first-order valence-electron chi connectivity index (χ1n) is 8.16. The highest BCUT2D eigenvalue weighted by Crippen LogP contribution is 2.38. The average molecular weight is 334 g/mol. The van der Waals surface area contributed by atoms with Crippen LogP contribution in [0.4, 0.5) is 0 Å². The molecule has 2 unspecified atom stereocenters. The summed E-state index contributed by atoms with van der Waals surface area (Å²) >= 11 is 0. The van der Waals surface area contributed by atoms with Crippen LogP contribution in [0.3, 0.4) is 0 Å². The Balaban J connectivity index is 1.86. The zero-order valence-electron chi connectivity index (χ0n) is 13.6. The van der Waals surface area contributed by atoms with Crippen molar-refractivity contribution in [1.29, 1.82) is 5.26 Å². The molecular weight excluding hydrogens is 316 g/mol. The normalized spacial score (nSPS) is 19.6. The predicted molar refractivity (Wildman–Crippen MR) is 91.5 cm³/mol. The van der Waals surface area contributed by atoms with Crippen molar-refractivity contribution < 1.29 is 14.7 Å². The van der Waals surface area contributed by atoms with Gasteiger partial charge in [0.05, 0.1) is 23.6 Å². The minimum atomic E-state index is -0.968. The number of hydrogen-bond donors (Lipinski definition) is 1. The minimum absolute atomic E-state index is 0.00872. The fraction of sp³-hybridized carbons (Fsp3) is 0.250. The third-order valence-corrected chi connectivity index (χ3v) is 4.61. The molecular formula is C20H18N2O3. The Bertz CT molecular complexity index is 809. The Kier molecular flexibility index (Phi) is 4.80. The van der Waals surface area contributed by atoms with Gasteiger partial charge >= 0.3 is 5.97 Å². The largest absolute Gasteiger partial charge is 0.481 e.